The number of rotatable bonds is 10. The lowest BCUT2D eigenvalue weighted by Crippen LogP contribution is -2.35. The fourth-order valence-electron chi connectivity index (χ4n) is 2.29. The van der Waals surface area contributed by atoms with Gasteiger partial charge in [0, 0.05) is 37.2 Å². The maximum Gasteiger partial charge on any atom is 0.308 e. The van der Waals surface area contributed by atoms with E-state index in [1.165, 1.54) is 24.3 Å². The van der Waals surface area contributed by atoms with Crippen LogP contribution in [0.5, 0.6) is 0 Å². The number of hydrogen-bond acceptors (Lipinski definition) is 5. The lowest BCUT2D eigenvalue weighted by molar-refractivity contribution is -0.384. The number of amides is 2. The number of aliphatic carboxylic acids is 1. The van der Waals surface area contributed by atoms with Gasteiger partial charge in [-0.15, -0.1) is 0 Å². The van der Waals surface area contributed by atoms with Crippen LogP contribution in [0.15, 0.2) is 24.3 Å². The second-order valence-corrected chi connectivity index (χ2v) is 6.28. The van der Waals surface area contributed by atoms with Gasteiger partial charge in [0.2, 0.25) is 5.91 Å². The third-order valence-electron chi connectivity index (χ3n) is 3.63. The Kier molecular flexibility index (Phi) is 8.20. The number of non-ortho nitro benzene ring substituents is 1. The first-order chi connectivity index (χ1) is 12.2. The van der Waals surface area contributed by atoms with Crippen molar-refractivity contribution < 1.29 is 24.4 Å². The first kappa shape index (κ1) is 21.1. The Balaban J connectivity index is 2.37. The summed E-state index contributed by atoms with van der Waals surface area (Å²) in [5, 5.41) is 24.8. The molecule has 26 heavy (non-hydrogen) atoms. The van der Waals surface area contributed by atoms with Crippen molar-refractivity contribution in [1.82, 2.24) is 10.6 Å². The molecule has 0 saturated carbocycles. The number of benzene rings is 1. The van der Waals surface area contributed by atoms with Crippen LogP contribution in [0.3, 0.4) is 0 Å². The first-order valence-electron chi connectivity index (χ1n) is 8.22. The number of carboxylic acids is 1. The molecule has 0 bridgehead atoms. The fraction of sp³-hybridized carbons (Fsp3) is 0.471. The molecule has 9 heteroatoms. The van der Waals surface area contributed by atoms with Gasteiger partial charge in [0.05, 0.1) is 10.8 Å². The predicted molar refractivity (Wildman–Crippen MR) is 93.6 cm³/mol. The molecule has 0 aliphatic carbocycles. The summed E-state index contributed by atoms with van der Waals surface area (Å²) in [6.45, 7) is 3.93. The quantitative estimate of drug-likeness (QED) is 0.425. The molecule has 142 valence electrons. The fourth-order valence-corrected chi connectivity index (χ4v) is 2.29. The van der Waals surface area contributed by atoms with Crippen LogP contribution in [0.1, 0.15) is 37.0 Å². The summed E-state index contributed by atoms with van der Waals surface area (Å²) in [7, 11) is 0. The zero-order chi connectivity index (χ0) is 19.7. The molecule has 0 spiro atoms. The van der Waals surface area contributed by atoms with Crippen LogP contribution in [-0.2, 0) is 9.59 Å². The number of carbonyl (C=O) groups is 3. The summed E-state index contributed by atoms with van der Waals surface area (Å²) < 4.78 is 0. The van der Waals surface area contributed by atoms with Crippen molar-refractivity contribution in [3.05, 3.63) is 39.9 Å². The monoisotopic (exact) mass is 365 g/mol. The number of hydrogen-bond donors (Lipinski definition) is 3. The third-order valence-corrected chi connectivity index (χ3v) is 3.63. The number of nitrogens with zero attached hydrogens (tertiary/aromatic N) is 1. The molecule has 0 fully saturated rings. The van der Waals surface area contributed by atoms with Crippen LogP contribution in [0, 0.1) is 22.0 Å². The molecule has 1 rings (SSSR count). The highest BCUT2D eigenvalue weighted by atomic mass is 16.6. The Morgan fingerprint density at radius 3 is 2.27 bits per heavy atom. The van der Waals surface area contributed by atoms with Gasteiger partial charge in [0.15, 0.2) is 0 Å². The van der Waals surface area contributed by atoms with E-state index in [9.17, 15) is 24.5 Å². The number of nitro groups is 1. The molecular weight excluding hydrogens is 342 g/mol. The molecular formula is C17H23N3O6. The molecule has 0 aromatic heterocycles. The molecule has 0 radical (unpaired) electrons. The van der Waals surface area contributed by atoms with Crippen LogP contribution in [0.25, 0.3) is 0 Å². The molecule has 0 heterocycles. The van der Waals surface area contributed by atoms with Gasteiger partial charge in [0.1, 0.15) is 0 Å². The Bertz CT molecular complexity index is 657. The summed E-state index contributed by atoms with van der Waals surface area (Å²) in [5.41, 5.74) is 0.134. The summed E-state index contributed by atoms with van der Waals surface area (Å²) in [6, 6.07) is 5.11. The van der Waals surface area contributed by atoms with Gasteiger partial charge >= 0.3 is 5.97 Å². The minimum absolute atomic E-state index is 0.00669. The van der Waals surface area contributed by atoms with Crippen molar-refractivity contribution >= 4 is 23.5 Å². The average Bonchev–Trinajstić information content (AvgIpc) is 2.58. The number of nitro benzene ring substituents is 1. The normalized spacial score (nSPS) is 11.7. The van der Waals surface area contributed by atoms with Crippen molar-refractivity contribution in [3.63, 3.8) is 0 Å². The molecule has 0 saturated heterocycles. The highest BCUT2D eigenvalue weighted by Crippen LogP contribution is 2.12. The third kappa shape index (κ3) is 7.29. The van der Waals surface area contributed by atoms with E-state index in [-0.39, 0.29) is 42.6 Å². The average molecular weight is 365 g/mol. The summed E-state index contributed by atoms with van der Waals surface area (Å²) >= 11 is 0. The maximum absolute atomic E-state index is 11.9. The van der Waals surface area contributed by atoms with E-state index in [1.807, 2.05) is 13.8 Å². The zero-order valence-corrected chi connectivity index (χ0v) is 14.7. The van der Waals surface area contributed by atoms with Crippen molar-refractivity contribution in [1.29, 1.82) is 0 Å². The topological polar surface area (TPSA) is 139 Å². The number of carboxylic acid groups (broad SMARTS) is 1. The summed E-state index contributed by atoms with van der Waals surface area (Å²) in [5.74, 6) is -2.20. The standard InChI is InChI=1S/C17H23N3O6/c1-11(2)9-13(17(23)24)10-19-15(21)7-8-18-16(22)12-3-5-14(6-4-12)20(25)26/h3-6,11,13H,7-10H2,1-2H3,(H,18,22)(H,19,21)(H,23,24). The molecule has 3 N–H and O–H groups in total. The Morgan fingerprint density at radius 2 is 1.77 bits per heavy atom. The first-order valence-corrected chi connectivity index (χ1v) is 8.22. The molecule has 2 amide bonds. The SMILES string of the molecule is CC(C)CC(CNC(=O)CCNC(=O)c1ccc([N+](=O)[O-])cc1)C(=O)O. The van der Waals surface area contributed by atoms with E-state index in [0.29, 0.717) is 6.42 Å². The van der Waals surface area contributed by atoms with E-state index < -0.39 is 22.7 Å². The van der Waals surface area contributed by atoms with E-state index in [4.69, 9.17) is 5.11 Å². The molecule has 1 unspecified atom stereocenters. The van der Waals surface area contributed by atoms with E-state index in [2.05, 4.69) is 10.6 Å². The smallest absolute Gasteiger partial charge is 0.308 e. The second-order valence-electron chi connectivity index (χ2n) is 6.28. The lowest BCUT2D eigenvalue weighted by Gasteiger charge is -2.15. The zero-order valence-electron chi connectivity index (χ0n) is 14.7. The Hall–Kier alpha value is -2.97. The highest BCUT2D eigenvalue weighted by Gasteiger charge is 2.19. The van der Waals surface area contributed by atoms with Crippen molar-refractivity contribution in [2.45, 2.75) is 26.7 Å². The molecule has 0 aliphatic heterocycles. The van der Waals surface area contributed by atoms with E-state index >= 15 is 0 Å². The van der Waals surface area contributed by atoms with Gasteiger partial charge < -0.3 is 15.7 Å². The van der Waals surface area contributed by atoms with E-state index in [1.54, 1.807) is 0 Å². The molecule has 9 nitrogen and oxygen atoms in total. The van der Waals surface area contributed by atoms with Crippen LogP contribution in [0.4, 0.5) is 5.69 Å². The number of nitrogens with one attached hydrogen (secondary N) is 2. The lowest BCUT2D eigenvalue weighted by atomic mass is 9.97. The Labute approximate surface area is 150 Å². The minimum atomic E-state index is -0.953. The van der Waals surface area contributed by atoms with Gasteiger partial charge in [-0.2, -0.15) is 0 Å². The van der Waals surface area contributed by atoms with Crippen LogP contribution in [0.2, 0.25) is 0 Å². The van der Waals surface area contributed by atoms with Gasteiger partial charge in [-0.25, -0.2) is 0 Å². The molecule has 1 atom stereocenters. The summed E-state index contributed by atoms with van der Waals surface area (Å²) in [6.07, 6.45) is 0.471. The van der Waals surface area contributed by atoms with Crippen LogP contribution in [-0.4, -0.2) is 40.9 Å². The van der Waals surface area contributed by atoms with Crippen molar-refractivity contribution in [3.8, 4) is 0 Å². The van der Waals surface area contributed by atoms with Gasteiger partial charge in [-0.1, -0.05) is 13.8 Å². The van der Waals surface area contributed by atoms with Gasteiger partial charge in [0.25, 0.3) is 11.6 Å². The predicted octanol–water partition coefficient (Wildman–Crippen LogP) is 1.58. The van der Waals surface area contributed by atoms with Crippen molar-refractivity contribution in [2.24, 2.45) is 11.8 Å². The maximum atomic E-state index is 11.9. The van der Waals surface area contributed by atoms with Gasteiger partial charge in [-0.05, 0) is 24.5 Å². The largest absolute Gasteiger partial charge is 0.481 e. The number of carbonyl (C=O) groups excluding carboxylic acids is 2. The Morgan fingerprint density at radius 1 is 1.15 bits per heavy atom. The molecule has 1 aromatic rings. The van der Waals surface area contributed by atoms with Crippen molar-refractivity contribution in [2.75, 3.05) is 13.1 Å². The summed E-state index contributed by atoms with van der Waals surface area (Å²) in [4.78, 5) is 44.8. The van der Waals surface area contributed by atoms with Crippen LogP contribution >= 0.6 is 0 Å². The second kappa shape index (κ2) is 10.1. The van der Waals surface area contributed by atoms with Gasteiger partial charge in [-0.3, -0.25) is 24.5 Å². The van der Waals surface area contributed by atoms with E-state index in [0.717, 1.165) is 0 Å². The molecule has 0 aliphatic rings. The minimum Gasteiger partial charge on any atom is -0.481 e. The molecule has 1 aromatic carbocycles. The van der Waals surface area contributed by atoms with Crippen LogP contribution < -0.4 is 10.6 Å². The highest BCUT2D eigenvalue weighted by molar-refractivity contribution is 5.94.